The quantitative estimate of drug-likeness (QED) is 0.905. The molecule has 1 unspecified atom stereocenters. The molecule has 2 heterocycles. The van der Waals surface area contributed by atoms with E-state index in [9.17, 15) is 0 Å². The van der Waals surface area contributed by atoms with E-state index in [0.717, 1.165) is 31.8 Å². The molecule has 1 atom stereocenters. The number of morpholine rings is 1. The largest absolute Gasteiger partial charge is 0.372 e. The van der Waals surface area contributed by atoms with Gasteiger partial charge in [-0.05, 0) is 39.4 Å². The van der Waals surface area contributed by atoms with Crippen LogP contribution >= 0.6 is 0 Å². The zero-order valence-electron chi connectivity index (χ0n) is 12.4. The minimum Gasteiger partial charge on any atom is -0.372 e. The molecule has 1 N–H and O–H groups in total. The molecule has 0 bridgehead atoms. The predicted octanol–water partition coefficient (Wildman–Crippen LogP) is 2.37. The lowest BCUT2D eigenvalue weighted by Crippen LogP contribution is -2.48. The van der Waals surface area contributed by atoms with Crippen molar-refractivity contribution in [1.29, 1.82) is 0 Å². The van der Waals surface area contributed by atoms with Crippen LogP contribution in [0.25, 0.3) is 0 Å². The van der Waals surface area contributed by atoms with Crippen molar-refractivity contribution in [1.82, 2.24) is 10.3 Å². The number of hydrogen-bond donors (Lipinski definition) is 1. The van der Waals surface area contributed by atoms with Crippen LogP contribution in [0, 0.1) is 0 Å². The fourth-order valence-electron chi connectivity index (χ4n) is 2.59. The highest BCUT2D eigenvalue weighted by atomic mass is 16.5. The molecule has 0 amide bonds. The number of rotatable bonds is 4. The molecule has 1 aromatic rings. The van der Waals surface area contributed by atoms with Gasteiger partial charge < -0.3 is 15.0 Å². The van der Waals surface area contributed by atoms with E-state index < -0.39 is 0 Å². The number of pyridine rings is 1. The van der Waals surface area contributed by atoms with Gasteiger partial charge in [-0.15, -0.1) is 0 Å². The highest BCUT2D eigenvalue weighted by Gasteiger charge is 2.27. The molecular formula is C15H25N3O. The van der Waals surface area contributed by atoms with Crippen molar-refractivity contribution in [2.24, 2.45) is 0 Å². The van der Waals surface area contributed by atoms with Crippen LogP contribution in [-0.2, 0) is 4.74 Å². The van der Waals surface area contributed by atoms with Crippen LogP contribution < -0.4 is 10.2 Å². The Balaban J connectivity index is 2.10. The lowest BCUT2D eigenvalue weighted by Gasteiger charge is -2.39. The molecule has 1 aromatic heterocycles. The first kappa shape index (κ1) is 14.3. The Kier molecular flexibility index (Phi) is 4.42. The molecule has 4 nitrogen and oxygen atoms in total. The summed E-state index contributed by atoms with van der Waals surface area (Å²) >= 11 is 0. The van der Waals surface area contributed by atoms with Crippen LogP contribution in [0.4, 0.5) is 5.69 Å². The maximum absolute atomic E-state index is 5.74. The van der Waals surface area contributed by atoms with Crippen molar-refractivity contribution in [2.75, 3.05) is 31.6 Å². The van der Waals surface area contributed by atoms with Gasteiger partial charge in [-0.1, -0.05) is 6.92 Å². The van der Waals surface area contributed by atoms with Crippen LogP contribution in [0.2, 0.25) is 0 Å². The third kappa shape index (κ3) is 3.45. The van der Waals surface area contributed by atoms with Crippen molar-refractivity contribution in [2.45, 2.75) is 38.8 Å². The molecule has 0 radical (unpaired) electrons. The normalized spacial score (nSPS) is 20.3. The molecule has 2 rings (SSSR count). The number of hydrogen-bond acceptors (Lipinski definition) is 4. The second kappa shape index (κ2) is 5.88. The Morgan fingerprint density at radius 1 is 1.47 bits per heavy atom. The molecule has 0 saturated carbocycles. The van der Waals surface area contributed by atoms with Gasteiger partial charge in [-0.2, -0.15) is 0 Å². The summed E-state index contributed by atoms with van der Waals surface area (Å²) in [7, 11) is 1.98. The highest BCUT2D eigenvalue weighted by molar-refractivity contribution is 5.45. The first-order valence-electron chi connectivity index (χ1n) is 7.08. The lowest BCUT2D eigenvalue weighted by molar-refractivity contribution is -0.0277. The summed E-state index contributed by atoms with van der Waals surface area (Å²) in [6, 6.07) is 4.64. The summed E-state index contributed by atoms with van der Waals surface area (Å²) in [6.45, 7) is 9.07. The summed E-state index contributed by atoms with van der Waals surface area (Å²) in [4.78, 5) is 6.95. The molecular weight excluding hydrogens is 238 g/mol. The maximum atomic E-state index is 5.74. The molecule has 4 heteroatoms. The number of ether oxygens (including phenoxy) is 1. The maximum Gasteiger partial charge on any atom is 0.0801 e. The number of nitrogens with one attached hydrogen (secondary N) is 1. The molecule has 19 heavy (non-hydrogen) atoms. The molecule has 1 fully saturated rings. The van der Waals surface area contributed by atoms with Gasteiger partial charge in [0.1, 0.15) is 0 Å². The Labute approximate surface area is 116 Å². The summed E-state index contributed by atoms with van der Waals surface area (Å²) in [5, 5.41) is 3.28. The molecule has 0 aromatic carbocycles. The van der Waals surface area contributed by atoms with Gasteiger partial charge in [0, 0.05) is 19.1 Å². The van der Waals surface area contributed by atoms with Gasteiger partial charge >= 0.3 is 0 Å². The van der Waals surface area contributed by atoms with Gasteiger partial charge in [0.25, 0.3) is 0 Å². The van der Waals surface area contributed by atoms with Crippen LogP contribution in [0.15, 0.2) is 18.3 Å². The fourth-order valence-corrected chi connectivity index (χ4v) is 2.59. The molecule has 1 aliphatic heterocycles. The molecule has 106 valence electrons. The van der Waals surface area contributed by atoms with Gasteiger partial charge in [-0.3, -0.25) is 4.98 Å². The number of aromatic nitrogens is 1. The highest BCUT2D eigenvalue weighted by Crippen LogP contribution is 2.23. The average molecular weight is 263 g/mol. The minimum absolute atomic E-state index is 0.0755. The zero-order chi connectivity index (χ0) is 13.9. The van der Waals surface area contributed by atoms with E-state index in [-0.39, 0.29) is 5.60 Å². The van der Waals surface area contributed by atoms with Gasteiger partial charge in [0.2, 0.25) is 0 Å². The SMILES string of the molecule is CCC(NC)c1ccc(N2CCOC(C)(C)C2)cn1. The molecule has 1 saturated heterocycles. The third-order valence-electron chi connectivity index (χ3n) is 3.68. The molecule has 1 aliphatic rings. The fraction of sp³-hybridized carbons (Fsp3) is 0.667. The third-order valence-corrected chi connectivity index (χ3v) is 3.68. The van der Waals surface area contributed by atoms with Crippen molar-refractivity contribution in [3.05, 3.63) is 24.0 Å². The van der Waals surface area contributed by atoms with E-state index in [1.807, 2.05) is 13.2 Å². The van der Waals surface area contributed by atoms with Crippen molar-refractivity contribution >= 4 is 5.69 Å². The summed E-state index contributed by atoms with van der Waals surface area (Å²) < 4.78 is 5.74. The topological polar surface area (TPSA) is 37.4 Å². The van der Waals surface area contributed by atoms with Crippen molar-refractivity contribution in [3.8, 4) is 0 Å². The van der Waals surface area contributed by atoms with E-state index >= 15 is 0 Å². The Hall–Kier alpha value is -1.13. The van der Waals surface area contributed by atoms with Gasteiger partial charge in [0.05, 0.1) is 29.8 Å². The monoisotopic (exact) mass is 263 g/mol. The first-order chi connectivity index (χ1) is 9.05. The second-order valence-electron chi connectivity index (χ2n) is 5.72. The lowest BCUT2D eigenvalue weighted by atomic mass is 10.1. The van der Waals surface area contributed by atoms with E-state index in [1.165, 1.54) is 5.69 Å². The summed E-state index contributed by atoms with van der Waals surface area (Å²) in [5.41, 5.74) is 2.22. The minimum atomic E-state index is -0.0755. The Morgan fingerprint density at radius 2 is 2.26 bits per heavy atom. The van der Waals surface area contributed by atoms with Crippen LogP contribution in [0.5, 0.6) is 0 Å². The number of anilines is 1. The summed E-state index contributed by atoms with van der Waals surface area (Å²) in [5.74, 6) is 0. The van der Waals surface area contributed by atoms with E-state index in [2.05, 4.69) is 48.1 Å². The van der Waals surface area contributed by atoms with Crippen molar-refractivity contribution < 1.29 is 4.74 Å². The van der Waals surface area contributed by atoms with E-state index in [4.69, 9.17) is 4.74 Å². The van der Waals surface area contributed by atoms with E-state index in [0.29, 0.717) is 6.04 Å². The van der Waals surface area contributed by atoms with Crippen LogP contribution in [-0.4, -0.2) is 37.3 Å². The smallest absolute Gasteiger partial charge is 0.0801 e. The van der Waals surface area contributed by atoms with Crippen molar-refractivity contribution in [3.63, 3.8) is 0 Å². The van der Waals surface area contributed by atoms with Gasteiger partial charge in [-0.25, -0.2) is 0 Å². The average Bonchev–Trinajstić information content (AvgIpc) is 2.40. The Bertz CT molecular complexity index is 398. The molecule has 0 aliphatic carbocycles. The van der Waals surface area contributed by atoms with Crippen LogP contribution in [0.1, 0.15) is 38.9 Å². The predicted molar refractivity (Wildman–Crippen MR) is 78.6 cm³/mol. The Morgan fingerprint density at radius 3 is 2.79 bits per heavy atom. The number of nitrogens with zero attached hydrogens (tertiary/aromatic N) is 2. The van der Waals surface area contributed by atoms with Crippen LogP contribution in [0.3, 0.4) is 0 Å². The van der Waals surface area contributed by atoms with Gasteiger partial charge in [0.15, 0.2) is 0 Å². The first-order valence-corrected chi connectivity index (χ1v) is 7.08. The van der Waals surface area contributed by atoms with E-state index in [1.54, 1.807) is 0 Å². The zero-order valence-corrected chi connectivity index (χ0v) is 12.4. The standard InChI is InChI=1S/C15H25N3O/c1-5-13(16-4)14-7-6-12(10-17-14)18-8-9-19-15(2,3)11-18/h6-7,10,13,16H,5,8-9,11H2,1-4H3. The summed E-state index contributed by atoms with van der Waals surface area (Å²) in [6.07, 6.45) is 3.03. The molecule has 0 spiro atoms. The second-order valence-corrected chi connectivity index (χ2v) is 5.72.